The van der Waals surface area contributed by atoms with E-state index in [1.807, 2.05) is 13.8 Å². The highest BCUT2D eigenvalue weighted by Gasteiger charge is 2.28. The van der Waals surface area contributed by atoms with Crippen LogP contribution in [0.5, 0.6) is 0 Å². The molecule has 0 spiro atoms. The van der Waals surface area contributed by atoms with Crippen LogP contribution in [0.3, 0.4) is 0 Å². The number of benzene rings is 2. The Hall–Kier alpha value is -2.62. The molecule has 4 heteroatoms. The molecule has 0 aliphatic carbocycles. The maximum Gasteiger partial charge on any atom is 0.280 e. The normalized spacial score (nSPS) is 11.1. The second kappa shape index (κ2) is 5.78. The van der Waals surface area contributed by atoms with Gasteiger partial charge in [0.05, 0.1) is 0 Å². The zero-order valence-electron chi connectivity index (χ0n) is 15.1. The number of H-pyrrole nitrogens is 1. The number of aromatic amines is 1. The summed E-state index contributed by atoms with van der Waals surface area (Å²) in [5.74, 6) is 0. The molecule has 0 unspecified atom stereocenters. The molecule has 0 aliphatic heterocycles. The summed E-state index contributed by atoms with van der Waals surface area (Å²) in [5.41, 5.74) is 9.98. The van der Waals surface area contributed by atoms with Gasteiger partial charge in [-0.25, -0.2) is 0 Å². The number of nitrogens with zero attached hydrogens (tertiary/aromatic N) is 1. The molecule has 3 aromatic rings. The van der Waals surface area contributed by atoms with Crippen molar-refractivity contribution in [2.24, 2.45) is 0 Å². The molecule has 1 N–H and O–H groups in total. The van der Waals surface area contributed by atoms with Gasteiger partial charge in [0.25, 0.3) is 5.69 Å². The van der Waals surface area contributed by atoms with Gasteiger partial charge in [0.2, 0.25) is 5.69 Å². The quantitative estimate of drug-likeness (QED) is 0.742. The van der Waals surface area contributed by atoms with E-state index in [0.717, 1.165) is 39.1 Å². The summed E-state index contributed by atoms with van der Waals surface area (Å²) in [6, 6.07) is 8.43. The van der Waals surface area contributed by atoms with Gasteiger partial charge < -0.3 is 0 Å². The van der Waals surface area contributed by atoms with Crippen LogP contribution in [0.15, 0.2) is 28.9 Å². The van der Waals surface area contributed by atoms with Crippen LogP contribution >= 0.6 is 0 Å². The summed E-state index contributed by atoms with van der Waals surface area (Å²) >= 11 is 0. The lowest BCUT2D eigenvalue weighted by Gasteiger charge is -2.10. The molecule has 24 heavy (non-hydrogen) atoms. The highest BCUT2D eigenvalue weighted by molar-refractivity contribution is 5.82. The summed E-state index contributed by atoms with van der Waals surface area (Å²) in [6.45, 7) is 12.3. The predicted molar refractivity (Wildman–Crippen MR) is 95.7 cm³/mol. The number of rotatable bonds is 2. The molecule has 0 aliphatic rings. The molecule has 0 atom stereocenters. The van der Waals surface area contributed by atoms with E-state index in [4.69, 9.17) is 4.63 Å². The van der Waals surface area contributed by atoms with E-state index in [0.29, 0.717) is 10.3 Å². The molecule has 124 valence electrons. The average Bonchev–Trinajstić information content (AvgIpc) is 2.79. The third-order valence-electron chi connectivity index (χ3n) is 4.49. The Labute approximate surface area is 141 Å². The molecule has 0 amide bonds. The zero-order chi connectivity index (χ0) is 17.6. The molecule has 0 saturated heterocycles. The van der Waals surface area contributed by atoms with E-state index in [1.54, 1.807) is 0 Å². The largest absolute Gasteiger partial charge is 0.280 e. The van der Waals surface area contributed by atoms with Crippen LogP contribution in [0.1, 0.15) is 33.4 Å². The molecule has 1 heterocycles. The van der Waals surface area contributed by atoms with E-state index >= 15 is 0 Å². The molecule has 4 nitrogen and oxygen atoms in total. The SMILES string of the molecule is Cc1cc(C)c(-c2[nH]o[n+](=O)c2-c2c(C)cc(C)cc2C)c(C)c1. The van der Waals surface area contributed by atoms with Crippen molar-refractivity contribution in [3.8, 4) is 22.5 Å². The first-order chi connectivity index (χ1) is 11.3. The van der Waals surface area contributed by atoms with Crippen LogP contribution in [-0.2, 0) is 0 Å². The van der Waals surface area contributed by atoms with Crippen molar-refractivity contribution in [2.45, 2.75) is 41.5 Å². The van der Waals surface area contributed by atoms with Crippen LogP contribution in [-0.4, -0.2) is 5.16 Å². The summed E-state index contributed by atoms with van der Waals surface area (Å²) in [7, 11) is 0. The van der Waals surface area contributed by atoms with Crippen LogP contribution in [0.4, 0.5) is 0 Å². The molecular formula is C20H23N2O2+. The predicted octanol–water partition coefficient (Wildman–Crippen LogP) is 4.71. The van der Waals surface area contributed by atoms with Gasteiger partial charge in [0.1, 0.15) is 0 Å². The molecule has 0 saturated carbocycles. The van der Waals surface area contributed by atoms with Gasteiger partial charge in [-0.05, 0) is 68.7 Å². The Morgan fingerprint density at radius 2 is 1.17 bits per heavy atom. The molecule has 3 rings (SSSR count). The van der Waals surface area contributed by atoms with Gasteiger partial charge in [-0.3, -0.25) is 0 Å². The fraction of sp³-hybridized carbons (Fsp3) is 0.300. The third kappa shape index (κ3) is 2.58. The minimum absolute atomic E-state index is 0.542. The Morgan fingerprint density at radius 1 is 0.750 bits per heavy atom. The van der Waals surface area contributed by atoms with Crippen molar-refractivity contribution in [3.63, 3.8) is 0 Å². The van der Waals surface area contributed by atoms with Crippen LogP contribution in [0.25, 0.3) is 22.5 Å². The molecule has 2 aromatic carbocycles. The first-order valence-electron chi connectivity index (χ1n) is 8.10. The first-order valence-corrected chi connectivity index (χ1v) is 8.10. The average molecular weight is 323 g/mol. The topological polar surface area (TPSA) is 51.9 Å². The zero-order valence-corrected chi connectivity index (χ0v) is 15.1. The summed E-state index contributed by atoms with van der Waals surface area (Å²) in [4.78, 5) is 12.4. The lowest BCUT2D eigenvalue weighted by molar-refractivity contribution is -0.704. The number of aryl methyl sites for hydroxylation is 6. The maximum atomic E-state index is 12.4. The van der Waals surface area contributed by atoms with E-state index in [9.17, 15) is 4.91 Å². The van der Waals surface area contributed by atoms with Gasteiger partial charge in [-0.15, -0.1) is 0 Å². The maximum absolute atomic E-state index is 12.4. The molecule has 0 fully saturated rings. The fourth-order valence-electron chi connectivity index (χ4n) is 3.79. The van der Waals surface area contributed by atoms with Crippen LogP contribution < -0.4 is 4.60 Å². The Bertz CT molecular complexity index is 947. The van der Waals surface area contributed by atoms with E-state index in [-0.39, 0.29) is 0 Å². The summed E-state index contributed by atoms with van der Waals surface area (Å²) in [6.07, 6.45) is 0. The van der Waals surface area contributed by atoms with Crippen molar-refractivity contribution >= 4 is 0 Å². The Kier molecular flexibility index (Phi) is 3.91. The van der Waals surface area contributed by atoms with Gasteiger partial charge >= 0.3 is 0 Å². The molecule has 1 aromatic heterocycles. The van der Waals surface area contributed by atoms with E-state index < -0.39 is 0 Å². The Balaban J connectivity index is 2.36. The highest BCUT2D eigenvalue weighted by Crippen LogP contribution is 2.35. The number of nitrogens with one attached hydrogen (secondary N) is 1. The Morgan fingerprint density at radius 3 is 1.62 bits per heavy atom. The van der Waals surface area contributed by atoms with Crippen molar-refractivity contribution in [1.82, 2.24) is 5.16 Å². The summed E-state index contributed by atoms with van der Waals surface area (Å²) < 4.78 is 5.70. The summed E-state index contributed by atoms with van der Waals surface area (Å²) in [5, 5.41) is 2.83. The van der Waals surface area contributed by atoms with Crippen molar-refractivity contribution in [3.05, 3.63) is 62.6 Å². The van der Waals surface area contributed by atoms with E-state index in [1.165, 1.54) is 11.1 Å². The van der Waals surface area contributed by atoms with Crippen molar-refractivity contribution in [2.75, 3.05) is 0 Å². The highest BCUT2D eigenvalue weighted by atomic mass is 16.7. The van der Waals surface area contributed by atoms with Crippen LogP contribution in [0.2, 0.25) is 0 Å². The molecular weight excluding hydrogens is 300 g/mol. The van der Waals surface area contributed by atoms with Crippen molar-refractivity contribution < 1.29 is 9.23 Å². The second-order valence-electron chi connectivity index (χ2n) is 6.72. The second-order valence-corrected chi connectivity index (χ2v) is 6.72. The number of hydrogen-bond acceptors (Lipinski definition) is 2. The van der Waals surface area contributed by atoms with Gasteiger partial charge in [0, 0.05) is 11.1 Å². The fourth-order valence-corrected chi connectivity index (χ4v) is 3.79. The first kappa shape index (κ1) is 16.2. The standard InChI is InChI=1S/C20H23N2O2/c1-11-7-13(3)17(14(4)8-11)19-20(22(23)24-21-19)18-15(5)9-12(2)10-16(18)6/h7-10,21H,1-6H3/q+1. The molecule has 0 radical (unpaired) electrons. The van der Waals surface area contributed by atoms with Gasteiger partial charge in [0.15, 0.2) is 4.60 Å². The number of hydrogen-bond donors (Lipinski definition) is 1. The monoisotopic (exact) mass is 323 g/mol. The van der Waals surface area contributed by atoms with Gasteiger partial charge in [-0.1, -0.05) is 45.2 Å². The third-order valence-corrected chi connectivity index (χ3v) is 4.49. The van der Waals surface area contributed by atoms with Gasteiger partial charge in [-0.2, -0.15) is 0 Å². The lowest BCUT2D eigenvalue weighted by atomic mass is 9.91. The number of aromatic nitrogens is 2. The lowest BCUT2D eigenvalue weighted by Crippen LogP contribution is -2.14. The minimum Gasteiger partial charge on any atom is -0.0875 e. The van der Waals surface area contributed by atoms with Crippen LogP contribution in [0, 0.1) is 46.4 Å². The van der Waals surface area contributed by atoms with E-state index in [2.05, 4.69) is 57.1 Å². The minimum atomic E-state index is 0.542. The smallest absolute Gasteiger partial charge is 0.0875 e. The van der Waals surface area contributed by atoms with Crippen molar-refractivity contribution in [1.29, 1.82) is 0 Å². The molecule has 0 bridgehead atoms.